The molecule has 1 amide bonds. The van der Waals surface area contributed by atoms with Gasteiger partial charge in [0.1, 0.15) is 5.56 Å². The number of hydrogen-bond donors (Lipinski definition) is 2. The second-order valence-corrected chi connectivity index (χ2v) is 4.38. The van der Waals surface area contributed by atoms with E-state index in [-0.39, 0.29) is 5.56 Å². The van der Waals surface area contributed by atoms with Crippen molar-refractivity contribution in [1.82, 2.24) is 9.97 Å². The molecule has 6 heteroatoms. The second-order valence-electron chi connectivity index (χ2n) is 3.14. The normalized spacial score (nSPS) is 10.1. The number of nitrogens with zero attached hydrogens (tertiary/aromatic N) is 1. The molecule has 2 N–H and O–H groups in total. The largest absolute Gasteiger partial charge is 0.328 e. The SMILES string of the molecule is Cc1cnc(NC(=O)c2ccc[nH]c2=O)s1. The summed E-state index contributed by atoms with van der Waals surface area (Å²) in [6.45, 7) is 1.89. The summed E-state index contributed by atoms with van der Waals surface area (Å²) >= 11 is 1.36. The van der Waals surface area contributed by atoms with Crippen molar-refractivity contribution >= 4 is 22.4 Å². The molecule has 0 bridgehead atoms. The number of nitrogens with one attached hydrogen (secondary N) is 2. The number of thiazole rings is 1. The molecule has 0 aliphatic rings. The van der Waals surface area contributed by atoms with Crippen molar-refractivity contribution in [3.63, 3.8) is 0 Å². The van der Waals surface area contributed by atoms with Crippen molar-refractivity contribution in [3.8, 4) is 0 Å². The Morgan fingerprint density at radius 1 is 1.56 bits per heavy atom. The van der Waals surface area contributed by atoms with Gasteiger partial charge < -0.3 is 4.98 Å². The van der Waals surface area contributed by atoms with Crippen LogP contribution < -0.4 is 10.9 Å². The molecule has 5 nitrogen and oxygen atoms in total. The van der Waals surface area contributed by atoms with Gasteiger partial charge in [-0.15, -0.1) is 11.3 Å². The summed E-state index contributed by atoms with van der Waals surface area (Å²) in [5, 5.41) is 3.06. The highest BCUT2D eigenvalue weighted by atomic mass is 32.1. The van der Waals surface area contributed by atoms with Crippen molar-refractivity contribution in [2.45, 2.75) is 6.92 Å². The lowest BCUT2D eigenvalue weighted by atomic mass is 10.3. The van der Waals surface area contributed by atoms with E-state index in [1.165, 1.54) is 23.6 Å². The van der Waals surface area contributed by atoms with Crippen LogP contribution in [0.2, 0.25) is 0 Å². The molecule has 0 spiro atoms. The fourth-order valence-corrected chi connectivity index (χ4v) is 1.84. The summed E-state index contributed by atoms with van der Waals surface area (Å²) in [7, 11) is 0. The Bertz CT molecular complexity index is 573. The molecular weight excluding hydrogens is 226 g/mol. The van der Waals surface area contributed by atoms with Gasteiger partial charge in [0.2, 0.25) is 0 Å². The highest BCUT2D eigenvalue weighted by Gasteiger charge is 2.11. The average molecular weight is 235 g/mol. The molecule has 0 atom stereocenters. The number of anilines is 1. The first-order valence-corrected chi connectivity index (χ1v) is 5.40. The van der Waals surface area contributed by atoms with Crippen LogP contribution >= 0.6 is 11.3 Å². The van der Waals surface area contributed by atoms with Gasteiger partial charge in [0.05, 0.1) is 0 Å². The van der Waals surface area contributed by atoms with Crippen molar-refractivity contribution in [3.05, 3.63) is 45.3 Å². The van der Waals surface area contributed by atoms with Crippen LogP contribution in [0.15, 0.2) is 29.3 Å². The van der Waals surface area contributed by atoms with E-state index in [4.69, 9.17) is 0 Å². The molecule has 82 valence electrons. The van der Waals surface area contributed by atoms with Gasteiger partial charge in [-0.1, -0.05) is 0 Å². The van der Waals surface area contributed by atoms with Gasteiger partial charge in [0.15, 0.2) is 5.13 Å². The van der Waals surface area contributed by atoms with E-state index in [0.29, 0.717) is 5.13 Å². The van der Waals surface area contributed by atoms with Gasteiger partial charge in [0, 0.05) is 17.3 Å². The summed E-state index contributed by atoms with van der Waals surface area (Å²) in [4.78, 5) is 30.4. The fourth-order valence-electron chi connectivity index (χ4n) is 1.18. The number of hydrogen-bond acceptors (Lipinski definition) is 4. The molecule has 2 aromatic heterocycles. The van der Waals surface area contributed by atoms with Crippen molar-refractivity contribution in [2.24, 2.45) is 0 Å². The van der Waals surface area contributed by atoms with Crippen LogP contribution in [0.1, 0.15) is 15.2 Å². The molecule has 0 fully saturated rings. The van der Waals surface area contributed by atoms with E-state index >= 15 is 0 Å². The van der Waals surface area contributed by atoms with Crippen LogP contribution in [0.4, 0.5) is 5.13 Å². The minimum absolute atomic E-state index is 0.0790. The summed E-state index contributed by atoms with van der Waals surface area (Å²) in [5.41, 5.74) is -0.330. The number of amides is 1. The number of rotatable bonds is 2. The predicted molar refractivity (Wildman–Crippen MR) is 61.9 cm³/mol. The maximum Gasteiger partial charge on any atom is 0.263 e. The first-order valence-electron chi connectivity index (χ1n) is 4.58. The smallest absolute Gasteiger partial charge is 0.263 e. The summed E-state index contributed by atoms with van der Waals surface area (Å²) in [6, 6.07) is 3.07. The van der Waals surface area contributed by atoms with Gasteiger partial charge in [-0.3, -0.25) is 14.9 Å². The summed E-state index contributed by atoms with van der Waals surface area (Å²) in [5.74, 6) is -0.448. The third-order valence-electron chi connectivity index (χ3n) is 1.90. The zero-order valence-corrected chi connectivity index (χ0v) is 9.30. The van der Waals surface area contributed by atoms with Crippen LogP contribution in [0, 0.1) is 6.92 Å². The number of carbonyl (C=O) groups excluding carboxylic acids is 1. The molecular formula is C10H9N3O2S. The van der Waals surface area contributed by atoms with E-state index < -0.39 is 11.5 Å². The Balaban J connectivity index is 2.21. The zero-order chi connectivity index (χ0) is 11.5. The molecule has 2 rings (SSSR count). The van der Waals surface area contributed by atoms with E-state index in [2.05, 4.69) is 15.3 Å². The van der Waals surface area contributed by atoms with Crippen molar-refractivity contribution in [1.29, 1.82) is 0 Å². The molecule has 0 saturated carbocycles. The number of H-pyrrole nitrogens is 1. The minimum Gasteiger partial charge on any atom is -0.328 e. The molecule has 2 aromatic rings. The molecule has 0 radical (unpaired) electrons. The lowest BCUT2D eigenvalue weighted by molar-refractivity contribution is 0.102. The third-order valence-corrected chi connectivity index (χ3v) is 2.73. The first-order chi connectivity index (χ1) is 7.66. The Labute approximate surface area is 95.2 Å². The number of aromatic nitrogens is 2. The number of pyridine rings is 1. The van der Waals surface area contributed by atoms with Gasteiger partial charge >= 0.3 is 0 Å². The standard InChI is InChI=1S/C10H9N3O2S/c1-6-5-12-10(16-6)13-9(15)7-3-2-4-11-8(7)14/h2-5H,1H3,(H,11,14)(H,12,13,15). The fraction of sp³-hybridized carbons (Fsp3) is 0.100. The predicted octanol–water partition coefficient (Wildman–Crippen LogP) is 1.39. The van der Waals surface area contributed by atoms with Crippen LogP contribution in [0.25, 0.3) is 0 Å². The Kier molecular flexibility index (Phi) is 2.82. The maximum absolute atomic E-state index is 11.7. The van der Waals surface area contributed by atoms with Gasteiger partial charge in [-0.2, -0.15) is 0 Å². The van der Waals surface area contributed by atoms with Crippen molar-refractivity contribution in [2.75, 3.05) is 5.32 Å². The molecule has 0 aromatic carbocycles. The average Bonchev–Trinajstić information content (AvgIpc) is 2.64. The van der Waals surface area contributed by atoms with Crippen LogP contribution in [-0.4, -0.2) is 15.9 Å². The van der Waals surface area contributed by atoms with Crippen LogP contribution in [0.3, 0.4) is 0 Å². The molecule has 16 heavy (non-hydrogen) atoms. The van der Waals surface area contributed by atoms with Gasteiger partial charge in [0.25, 0.3) is 11.5 Å². The second kappa shape index (κ2) is 4.28. The van der Waals surface area contributed by atoms with E-state index in [1.807, 2.05) is 6.92 Å². The van der Waals surface area contributed by atoms with Crippen LogP contribution in [-0.2, 0) is 0 Å². The lowest BCUT2D eigenvalue weighted by Gasteiger charge is -1.99. The highest BCUT2D eigenvalue weighted by molar-refractivity contribution is 7.15. The van der Waals surface area contributed by atoms with Gasteiger partial charge in [-0.05, 0) is 19.1 Å². The minimum atomic E-state index is -0.448. The summed E-state index contributed by atoms with van der Waals surface area (Å²) < 4.78 is 0. The quantitative estimate of drug-likeness (QED) is 0.826. The van der Waals surface area contributed by atoms with Crippen molar-refractivity contribution < 1.29 is 4.79 Å². The monoisotopic (exact) mass is 235 g/mol. The van der Waals surface area contributed by atoms with E-state index in [9.17, 15) is 9.59 Å². The third kappa shape index (κ3) is 2.17. The summed E-state index contributed by atoms with van der Waals surface area (Å²) in [6.07, 6.45) is 3.14. The maximum atomic E-state index is 11.7. The number of aromatic amines is 1. The molecule has 0 aliphatic carbocycles. The Morgan fingerprint density at radius 2 is 2.38 bits per heavy atom. The van der Waals surface area contributed by atoms with E-state index in [1.54, 1.807) is 12.3 Å². The zero-order valence-electron chi connectivity index (χ0n) is 8.48. The van der Waals surface area contributed by atoms with Gasteiger partial charge in [-0.25, -0.2) is 4.98 Å². The molecule has 2 heterocycles. The van der Waals surface area contributed by atoms with E-state index in [0.717, 1.165) is 4.88 Å². The highest BCUT2D eigenvalue weighted by Crippen LogP contribution is 2.16. The number of carbonyl (C=O) groups is 1. The van der Waals surface area contributed by atoms with Crippen LogP contribution in [0.5, 0.6) is 0 Å². The molecule has 0 aliphatic heterocycles. The number of aryl methyl sites for hydroxylation is 1. The Morgan fingerprint density at radius 3 is 3.00 bits per heavy atom. The first kappa shape index (κ1) is 10.6. The topological polar surface area (TPSA) is 74.8 Å². The molecule has 0 saturated heterocycles. The Hall–Kier alpha value is -1.95. The molecule has 0 unspecified atom stereocenters. The lowest BCUT2D eigenvalue weighted by Crippen LogP contribution is -2.22.